The van der Waals surface area contributed by atoms with Crippen molar-refractivity contribution in [3.05, 3.63) is 56.7 Å². The summed E-state index contributed by atoms with van der Waals surface area (Å²) in [6.45, 7) is 2.37. The van der Waals surface area contributed by atoms with Gasteiger partial charge in [0, 0.05) is 36.1 Å². The van der Waals surface area contributed by atoms with Crippen LogP contribution < -0.4 is 5.32 Å². The first-order chi connectivity index (χ1) is 11.5. The Kier molecular flexibility index (Phi) is 6.99. The number of likely N-dealkylation sites (N-methyl/N-ethyl adjacent to an activating group) is 1. The molecule has 128 valence electrons. The molecule has 0 aliphatic heterocycles. The van der Waals surface area contributed by atoms with E-state index in [1.54, 1.807) is 28.4 Å². The van der Waals surface area contributed by atoms with Gasteiger partial charge in [0.25, 0.3) is 5.91 Å². The first-order valence-electron chi connectivity index (χ1n) is 7.78. The standard InChI is InChI=1S/C18H21BrN2O2S/c1-13(11-14-8-10-24-12-14)21(2)17(22)7-9-20-18(23)15-3-5-16(19)6-4-15/h3-6,8,10,12-13H,7,9,11H2,1-2H3,(H,20,23)/t13-/m1/s1. The highest BCUT2D eigenvalue weighted by Crippen LogP contribution is 2.12. The number of hydrogen-bond donors (Lipinski definition) is 1. The van der Waals surface area contributed by atoms with Gasteiger partial charge in [-0.25, -0.2) is 0 Å². The van der Waals surface area contributed by atoms with Crippen molar-refractivity contribution in [2.24, 2.45) is 0 Å². The highest BCUT2D eigenvalue weighted by Gasteiger charge is 2.16. The second kappa shape index (κ2) is 8.99. The molecule has 0 aliphatic rings. The Morgan fingerprint density at radius 1 is 1.25 bits per heavy atom. The number of rotatable bonds is 7. The van der Waals surface area contributed by atoms with Gasteiger partial charge in [-0.15, -0.1) is 0 Å². The summed E-state index contributed by atoms with van der Waals surface area (Å²) in [5.74, 6) is -0.127. The van der Waals surface area contributed by atoms with Crippen molar-refractivity contribution in [1.29, 1.82) is 0 Å². The van der Waals surface area contributed by atoms with Crippen LogP contribution in [0.3, 0.4) is 0 Å². The first kappa shape index (κ1) is 18.7. The highest BCUT2D eigenvalue weighted by atomic mass is 79.9. The Labute approximate surface area is 155 Å². The minimum absolute atomic E-state index is 0.0360. The van der Waals surface area contributed by atoms with E-state index < -0.39 is 0 Å². The van der Waals surface area contributed by atoms with Crippen LogP contribution in [0.1, 0.15) is 29.3 Å². The van der Waals surface area contributed by atoms with E-state index >= 15 is 0 Å². The molecule has 0 spiro atoms. The largest absolute Gasteiger partial charge is 0.352 e. The molecule has 0 bridgehead atoms. The smallest absolute Gasteiger partial charge is 0.251 e. The van der Waals surface area contributed by atoms with E-state index in [2.05, 4.69) is 32.7 Å². The Morgan fingerprint density at radius 3 is 2.58 bits per heavy atom. The zero-order chi connectivity index (χ0) is 17.5. The normalized spacial score (nSPS) is 11.8. The summed E-state index contributed by atoms with van der Waals surface area (Å²) < 4.78 is 0.926. The monoisotopic (exact) mass is 408 g/mol. The van der Waals surface area contributed by atoms with Crippen molar-refractivity contribution in [3.8, 4) is 0 Å². The fraction of sp³-hybridized carbons (Fsp3) is 0.333. The number of carbonyl (C=O) groups is 2. The predicted molar refractivity (Wildman–Crippen MR) is 101 cm³/mol. The maximum Gasteiger partial charge on any atom is 0.251 e. The van der Waals surface area contributed by atoms with E-state index in [9.17, 15) is 9.59 Å². The molecular weight excluding hydrogens is 388 g/mol. The van der Waals surface area contributed by atoms with E-state index in [4.69, 9.17) is 0 Å². The molecule has 2 amide bonds. The predicted octanol–water partition coefficient (Wildman–Crippen LogP) is 3.72. The van der Waals surface area contributed by atoms with E-state index in [0.29, 0.717) is 18.5 Å². The number of hydrogen-bond acceptors (Lipinski definition) is 3. The van der Waals surface area contributed by atoms with Crippen LogP contribution in [0.15, 0.2) is 45.6 Å². The van der Waals surface area contributed by atoms with Gasteiger partial charge in [-0.05, 0) is 60.0 Å². The van der Waals surface area contributed by atoms with Gasteiger partial charge in [0.2, 0.25) is 5.91 Å². The lowest BCUT2D eigenvalue weighted by atomic mass is 10.1. The molecule has 1 N–H and O–H groups in total. The SMILES string of the molecule is C[C@H](Cc1ccsc1)N(C)C(=O)CCNC(=O)c1ccc(Br)cc1. The number of thiophene rings is 1. The number of nitrogens with one attached hydrogen (secondary N) is 1. The lowest BCUT2D eigenvalue weighted by molar-refractivity contribution is -0.131. The summed E-state index contributed by atoms with van der Waals surface area (Å²) in [5.41, 5.74) is 1.83. The van der Waals surface area contributed by atoms with Crippen LogP contribution in [0, 0.1) is 0 Å². The molecule has 1 aromatic heterocycles. The number of benzene rings is 1. The number of halogens is 1. The molecule has 4 nitrogen and oxygen atoms in total. The Hall–Kier alpha value is -1.66. The zero-order valence-electron chi connectivity index (χ0n) is 13.8. The lowest BCUT2D eigenvalue weighted by Crippen LogP contribution is -2.38. The summed E-state index contributed by atoms with van der Waals surface area (Å²) in [7, 11) is 1.82. The van der Waals surface area contributed by atoms with Crippen LogP contribution in [0.4, 0.5) is 0 Å². The molecule has 0 unspecified atom stereocenters. The van der Waals surface area contributed by atoms with E-state index in [-0.39, 0.29) is 17.9 Å². The van der Waals surface area contributed by atoms with Crippen LogP contribution in [0.2, 0.25) is 0 Å². The quantitative estimate of drug-likeness (QED) is 0.758. The van der Waals surface area contributed by atoms with Gasteiger partial charge in [-0.1, -0.05) is 15.9 Å². The third-order valence-electron chi connectivity index (χ3n) is 3.90. The van der Waals surface area contributed by atoms with Crippen molar-refractivity contribution in [2.45, 2.75) is 25.8 Å². The fourth-order valence-electron chi connectivity index (χ4n) is 2.30. The zero-order valence-corrected chi connectivity index (χ0v) is 16.2. The van der Waals surface area contributed by atoms with Gasteiger partial charge in [-0.3, -0.25) is 9.59 Å². The summed E-state index contributed by atoms with van der Waals surface area (Å²) >= 11 is 5.00. The summed E-state index contributed by atoms with van der Waals surface area (Å²) in [4.78, 5) is 26.0. The minimum atomic E-state index is -0.163. The third-order valence-corrected chi connectivity index (χ3v) is 5.16. The molecule has 0 saturated heterocycles. The van der Waals surface area contributed by atoms with Crippen molar-refractivity contribution in [1.82, 2.24) is 10.2 Å². The van der Waals surface area contributed by atoms with Crippen molar-refractivity contribution in [3.63, 3.8) is 0 Å². The van der Waals surface area contributed by atoms with E-state index in [1.165, 1.54) is 5.56 Å². The van der Waals surface area contributed by atoms with Crippen LogP contribution in [0.5, 0.6) is 0 Å². The first-order valence-corrected chi connectivity index (χ1v) is 9.51. The molecule has 24 heavy (non-hydrogen) atoms. The molecule has 2 rings (SSSR count). The highest BCUT2D eigenvalue weighted by molar-refractivity contribution is 9.10. The summed E-state index contributed by atoms with van der Waals surface area (Å²) in [6.07, 6.45) is 1.14. The average Bonchev–Trinajstić information content (AvgIpc) is 3.07. The summed E-state index contributed by atoms with van der Waals surface area (Å²) in [6, 6.07) is 9.35. The van der Waals surface area contributed by atoms with Gasteiger partial charge in [0.1, 0.15) is 0 Å². The van der Waals surface area contributed by atoms with Crippen molar-refractivity contribution in [2.75, 3.05) is 13.6 Å². The molecule has 0 aliphatic carbocycles. The minimum Gasteiger partial charge on any atom is -0.352 e. The van der Waals surface area contributed by atoms with Gasteiger partial charge in [-0.2, -0.15) is 11.3 Å². The lowest BCUT2D eigenvalue weighted by Gasteiger charge is -2.25. The maximum absolute atomic E-state index is 12.2. The topological polar surface area (TPSA) is 49.4 Å². The van der Waals surface area contributed by atoms with Gasteiger partial charge in [0.05, 0.1) is 0 Å². The molecular formula is C18H21BrN2O2S. The average molecular weight is 409 g/mol. The second-order valence-electron chi connectivity index (χ2n) is 5.70. The molecule has 0 radical (unpaired) electrons. The summed E-state index contributed by atoms with van der Waals surface area (Å²) in [5, 5.41) is 6.94. The van der Waals surface area contributed by atoms with Crippen LogP contribution >= 0.6 is 27.3 Å². The van der Waals surface area contributed by atoms with Crippen molar-refractivity contribution >= 4 is 39.1 Å². The molecule has 0 saturated carbocycles. The molecule has 1 heterocycles. The Bertz CT molecular complexity index is 671. The van der Waals surface area contributed by atoms with E-state index in [1.807, 2.05) is 31.5 Å². The van der Waals surface area contributed by atoms with Gasteiger partial charge in [0.15, 0.2) is 0 Å². The van der Waals surface area contributed by atoms with Crippen LogP contribution in [-0.4, -0.2) is 36.3 Å². The van der Waals surface area contributed by atoms with Crippen LogP contribution in [-0.2, 0) is 11.2 Å². The fourth-order valence-corrected chi connectivity index (χ4v) is 3.24. The number of amides is 2. The number of nitrogens with zero attached hydrogens (tertiary/aromatic N) is 1. The second-order valence-corrected chi connectivity index (χ2v) is 7.40. The van der Waals surface area contributed by atoms with Gasteiger partial charge >= 0.3 is 0 Å². The molecule has 2 aromatic rings. The maximum atomic E-state index is 12.2. The third kappa shape index (κ3) is 5.46. The molecule has 6 heteroatoms. The number of carbonyl (C=O) groups excluding carboxylic acids is 2. The Balaban J connectivity index is 1.75. The molecule has 0 fully saturated rings. The Morgan fingerprint density at radius 2 is 1.96 bits per heavy atom. The molecule has 1 aromatic carbocycles. The van der Waals surface area contributed by atoms with Crippen LogP contribution in [0.25, 0.3) is 0 Å². The van der Waals surface area contributed by atoms with Crippen molar-refractivity contribution < 1.29 is 9.59 Å². The molecule has 1 atom stereocenters. The van der Waals surface area contributed by atoms with E-state index in [0.717, 1.165) is 10.9 Å². The van der Waals surface area contributed by atoms with Gasteiger partial charge < -0.3 is 10.2 Å².